The average molecular weight is 368 g/mol. The molecule has 3 nitrogen and oxygen atoms in total. The predicted octanol–water partition coefficient (Wildman–Crippen LogP) is 5.91. The quantitative estimate of drug-likeness (QED) is 0.540. The Morgan fingerprint density at radius 2 is 1.83 bits per heavy atom. The van der Waals surface area contributed by atoms with Crippen molar-refractivity contribution >= 4 is 52.8 Å². The molecule has 0 amide bonds. The highest BCUT2D eigenvalue weighted by molar-refractivity contribution is 6.41. The molecule has 1 aliphatic rings. The van der Waals surface area contributed by atoms with E-state index in [9.17, 15) is 0 Å². The summed E-state index contributed by atoms with van der Waals surface area (Å²) in [6.07, 6.45) is 3.65. The van der Waals surface area contributed by atoms with Gasteiger partial charge in [-0.15, -0.1) is 0 Å². The molecule has 0 saturated heterocycles. The van der Waals surface area contributed by atoms with Crippen molar-refractivity contribution in [3.63, 3.8) is 0 Å². The molecule has 0 radical (unpaired) electrons. The third kappa shape index (κ3) is 3.63. The SMILES string of the molecule is C[C@@H]1Oc2ccccc2C=C1C=NNc1c(Cl)cc(Cl)cc1Cl. The van der Waals surface area contributed by atoms with E-state index in [2.05, 4.69) is 10.5 Å². The van der Waals surface area contributed by atoms with Gasteiger partial charge in [0.05, 0.1) is 21.9 Å². The van der Waals surface area contributed by atoms with Gasteiger partial charge in [0, 0.05) is 16.2 Å². The molecule has 0 saturated carbocycles. The van der Waals surface area contributed by atoms with E-state index < -0.39 is 0 Å². The number of anilines is 1. The lowest BCUT2D eigenvalue weighted by atomic mass is 10.0. The Labute approximate surface area is 149 Å². The van der Waals surface area contributed by atoms with Crippen LogP contribution in [-0.4, -0.2) is 12.3 Å². The number of rotatable bonds is 3. The molecule has 1 N–H and O–H groups in total. The Kier molecular flexibility index (Phi) is 4.81. The van der Waals surface area contributed by atoms with Crippen LogP contribution in [0.15, 0.2) is 47.1 Å². The van der Waals surface area contributed by atoms with Gasteiger partial charge in [0.25, 0.3) is 0 Å². The van der Waals surface area contributed by atoms with Crippen LogP contribution in [0.2, 0.25) is 15.1 Å². The van der Waals surface area contributed by atoms with Crippen molar-refractivity contribution in [1.29, 1.82) is 0 Å². The molecule has 0 fully saturated rings. The summed E-state index contributed by atoms with van der Waals surface area (Å²) < 4.78 is 5.85. The topological polar surface area (TPSA) is 33.6 Å². The normalized spacial score (nSPS) is 16.7. The van der Waals surface area contributed by atoms with Gasteiger partial charge in [-0.05, 0) is 31.2 Å². The molecular weight excluding hydrogens is 355 g/mol. The Hall–Kier alpha value is -1.68. The number of halogens is 3. The van der Waals surface area contributed by atoms with Crippen LogP contribution in [0, 0.1) is 0 Å². The molecule has 0 spiro atoms. The fraction of sp³-hybridized carbons (Fsp3) is 0.118. The molecule has 2 aromatic rings. The molecule has 6 heteroatoms. The maximum absolute atomic E-state index is 6.11. The fourth-order valence-electron chi connectivity index (χ4n) is 2.23. The summed E-state index contributed by atoms with van der Waals surface area (Å²) in [7, 11) is 0. The van der Waals surface area contributed by atoms with Crippen LogP contribution in [0.4, 0.5) is 5.69 Å². The largest absolute Gasteiger partial charge is 0.485 e. The van der Waals surface area contributed by atoms with Gasteiger partial charge in [-0.1, -0.05) is 53.0 Å². The van der Waals surface area contributed by atoms with Crippen molar-refractivity contribution in [3.05, 3.63) is 62.6 Å². The van der Waals surface area contributed by atoms with Crippen molar-refractivity contribution in [3.8, 4) is 5.75 Å². The Morgan fingerprint density at radius 3 is 2.57 bits per heavy atom. The minimum absolute atomic E-state index is 0.0911. The van der Waals surface area contributed by atoms with E-state index in [1.165, 1.54) is 0 Å². The zero-order valence-corrected chi connectivity index (χ0v) is 14.5. The molecule has 23 heavy (non-hydrogen) atoms. The van der Waals surface area contributed by atoms with Crippen LogP contribution >= 0.6 is 34.8 Å². The second-order valence-corrected chi connectivity index (χ2v) is 6.31. The molecular formula is C17H13Cl3N2O. The van der Waals surface area contributed by atoms with Crippen molar-refractivity contribution in [2.75, 3.05) is 5.43 Å². The van der Waals surface area contributed by atoms with Crippen LogP contribution in [0.25, 0.3) is 6.08 Å². The number of benzene rings is 2. The van der Waals surface area contributed by atoms with Gasteiger partial charge in [0.2, 0.25) is 0 Å². The third-order valence-corrected chi connectivity index (χ3v) is 4.23. The van der Waals surface area contributed by atoms with Gasteiger partial charge in [-0.25, -0.2) is 0 Å². The van der Waals surface area contributed by atoms with Gasteiger partial charge in [0.1, 0.15) is 11.9 Å². The van der Waals surface area contributed by atoms with E-state index in [4.69, 9.17) is 39.5 Å². The zero-order valence-electron chi connectivity index (χ0n) is 12.2. The van der Waals surface area contributed by atoms with Gasteiger partial charge in [0.15, 0.2) is 0 Å². The monoisotopic (exact) mass is 366 g/mol. The van der Waals surface area contributed by atoms with Crippen molar-refractivity contribution in [2.24, 2.45) is 5.10 Å². The summed E-state index contributed by atoms with van der Waals surface area (Å²) in [5, 5.41) is 5.50. The smallest absolute Gasteiger partial charge is 0.127 e. The van der Waals surface area contributed by atoms with Gasteiger partial charge in [-0.2, -0.15) is 5.10 Å². The highest BCUT2D eigenvalue weighted by atomic mass is 35.5. The Bertz CT molecular complexity index is 779. The maximum Gasteiger partial charge on any atom is 0.127 e. The summed E-state index contributed by atoms with van der Waals surface area (Å²) in [6, 6.07) is 11.1. The standard InChI is InChI=1S/C17H13Cl3N2O/c1-10-12(6-11-4-2-3-5-16(11)23-10)9-21-22-17-14(19)7-13(18)8-15(17)20/h2-10,22H,1H3/t10-/m0/s1. The third-order valence-electron chi connectivity index (χ3n) is 3.41. The van der Waals surface area contributed by atoms with Crippen molar-refractivity contribution in [2.45, 2.75) is 13.0 Å². The van der Waals surface area contributed by atoms with Crippen LogP contribution in [0.3, 0.4) is 0 Å². The van der Waals surface area contributed by atoms with Crippen molar-refractivity contribution < 1.29 is 4.74 Å². The number of hydrogen-bond donors (Lipinski definition) is 1. The highest BCUT2D eigenvalue weighted by Crippen LogP contribution is 2.34. The summed E-state index contributed by atoms with van der Waals surface area (Å²) in [6.45, 7) is 1.97. The molecule has 118 valence electrons. The molecule has 0 aromatic heterocycles. The minimum atomic E-state index is -0.0911. The second-order valence-electron chi connectivity index (χ2n) is 5.06. The van der Waals surface area contributed by atoms with E-state index in [1.807, 2.05) is 37.3 Å². The molecule has 0 unspecified atom stereocenters. The average Bonchev–Trinajstić information content (AvgIpc) is 2.50. The van der Waals surface area contributed by atoms with Crippen LogP contribution in [0.1, 0.15) is 12.5 Å². The zero-order chi connectivity index (χ0) is 16.4. The van der Waals surface area contributed by atoms with E-state index in [-0.39, 0.29) is 6.10 Å². The first-order chi connectivity index (χ1) is 11.0. The van der Waals surface area contributed by atoms with Crippen LogP contribution in [0.5, 0.6) is 5.75 Å². The maximum atomic E-state index is 6.11. The molecule has 1 heterocycles. The minimum Gasteiger partial charge on any atom is -0.485 e. The number of fused-ring (bicyclic) bond motifs is 1. The first-order valence-electron chi connectivity index (χ1n) is 6.95. The predicted molar refractivity (Wildman–Crippen MR) is 98.1 cm³/mol. The second kappa shape index (κ2) is 6.83. The molecule has 0 aliphatic carbocycles. The summed E-state index contributed by atoms with van der Waals surface area (Å²) in [5.41, 5.74) is 5.33. The first kappa shape index (κ1) is 16.2. The lowest BCUT2D eigenvalue weighted by molar-refractivity contribution is 0.260. The molecule has 1 atom stereocenters. The Balaban J connectivity index is 1.80. The van der Waals surface area contributed by atoms with E-state index in [0.717, 1.165) is 16.9 Å². The number of nitrogens with one attached hydrogen (secondary N) is 1. The molecule has 0 bridgehead atoms. The number of hydrazone groups is 1. The number of nitrogens with zero attached hydrogens (tertiary/aromatic N) is 1. The van der Waals surface area contributed by atoms with Gasteiger partial charge < -0.3 is 4.74 Å². The number of para-hydroxylation sites is 1. The molecule has 3 rings (SSSR count). The van der Waals surface area contributed by atoms with Gasteiger partial charge in [-0.3, -0.25) is 5.43 Å². The number of ether oxygens (including phenoxy) is 1. The lowest BCUT2D eigenvalue weighted by Gasteiger charge is -2.22. The van der Waals surface area contributed by atoms with Crippen molar-refractivity contribution in [1.82, 2.24) is 0 Å². The first-order valence-corrected chi connectivity index (χ1v) is 8.09. The Morgan fingerprint density at radius 1 is 1.13 bits per heavy atom. The summed E-state index contributed by atoms with van der Waals surface area (Å²) in [4.78, 5) is 0. The number of hydrogen-bond acceptors (Lipinski definition) is 3. The van der Waals surface area contributed by atoms with Crippen LogP contribution < -0.4 is 10.2 Å². The summed E-state index contributed by atoms with van der Waals surface area (Å²) >= 11 is 18.1. The summed E-state index contributed by atoms with van der Waals surface area (Å²) in [5.74, 6) is 0.869. The van der Waals surface area contributed by atoms with E-state index in [0.29, 0.717) is 20.8 Å². The van der Waals surface area contributed by atoms with E-state index >= 15 is 0 Å². The fourth-order valence-corrected chi connectivity index (χ4v) is 3.13. The van der Waals surface area contributed by atoms with E-state index in [1.54, 1.807) is 18.3 Å². The molecule has 1 aliphatic heterocycles. The van der Waals surface area contributed by atoms with Crippen LogP contribution in [-0.2, 0) is 0 Å². The highest BCUT2D eigenvalue weighted by Gasteiger charge is 2.17. The molecule has 2 aromatic carbocycles. The lowest BCUT2D eigenvalue weighted by Crippen LogP contribution is -2.19. The van der Waals surface area contributed by atoms with Gasteiger partial charge >= 0.3 is 0 Å².